The van der Waals surface area contributed by atoms with Crippen LogP contribution in [0.2, 0.25) is 5.02 Å². The molecule has 3 amide bonds. The maximum Gasteiger partial charge on any atom is 0.435 e. The fourth-order valence-corrected chi connectivity index (χ4v) is 9.36. The zero-order chi connectivity index (χ0) is 54.7. The normalized spacial score (nSPS) is 17.5. The fourth-order valence-electron chi connectivity index (χ4n) is 8.55. The number of urea groups is 1. The number of hydrogen-bond acceptors (Lipinski definition) is 9. The number of rotatable bonds is 11. The lowest BCUT2D eigenvalue weighted by Crippen LogP contribution is -2.38. The largest absolute Gasteiger partial charge is 0.435 e. The van der Waals surface area contributed by atoms with Crippen LogP contribution in [0, 0.1) is 17.6 Å². The van der Waals surface area contributed by atoms with Crippen LogP contribution < -0.4 is 9.62 Å². The summed E-state index contributed by atoms with van der Waals surface area (Å²) in [4.78, 5) is 41.9. The van der Waals surface area contributed by atoms with Crippen LogP contribution in [0.1, 0.15) is 92.8 Å². The van der Waals surface area contributed by atoms with Gasteiger partial charge in [-0.3, -0.25) is 23.4 Å². The van der Waals surface area contributed by atoms with E-state index in [9.17, 15) is 48.9 Å². The molecule has 3 aromatic heterocycles. The van der Waals surface area contributed by atoms with Gasteiger partial charge in [-0.05, 0) is 101 Å². The Hall–Kier alpha value is -5.27. The van der Waals surface area contributed by atoms with Crippen molar-refractivity contribution in [3.05, 3.63) is 93.0 Å². The third kappa shape index (κ3) is 13.0. The highest BCUT2D eigenvalue weighted by Crippen LogP contribution is 2.68. The number of benzene rings is 2. The Morgan fingerprint density at radius 2 is 1.56 bits per heavy atom. The molecule has 2 fully saturated rings. The minimum Gasteiger partial charge on any atom is -0.400 e. The lowest BCUT2D eigenvalue weighted by Gasteiger charge is -2.24. The number of alkyl halides is 8. The molecule has 0 bridgehead atoms. The van der Waals surface area contributed by atoms with Gasteiger partial charge in [0, 0.05) is 82.6 Å². The number of amides is 3. The minimum absolute atomic E-state index is 0.0236. The number of aliphatic hydroxyl groups excluding tert-OH is 1. The van der Waals surface area contributed by atoms with E-state index < -0.39 is 107 Å². The van der Waals surface area contributed by atoms with Crippen molar-refractivity contribution in [2.24, 2.45) is 5.92 Å². The van der Waals surface area contributed by atoms with E-state index in [4.69, 9.17) is 26.5 Å². The Balaban J connectivity index is 0.000000820. The van der Waals surface area contributed by atoms with Crippen molar-refractivity contribution in [2.45, 2.75) is 108 Å². The van der Waals surface area contributed by atoms with Crippen LogP contribution in [0.3, 0.4) is 0 Å². The Bertz CT molecular complexity index is 2810. The van der Waals surface area contributed by atoms with Crippen LogP contribution in [-0.2, 0) is 58.4 Å². The summed E-state index contributed by atoms with van der Waals surface area (Å²) in [5.74, 6) is -9.53. The number of fused-ring (bicyclic) bond motifs is 4. The third-order valence-electron chi connectivity index (χ3n) is 12.1. The molecule has 26 heteroatoms. The van der Waals surface area contributed by atoms with E-state index in [1.54, 1.807) is 25.5 Å². The van der Waals surface area contributed by atoms with Gasteiger partial charge in [-0.25, -0.2) is 17.9 Å². The predicted octanol–water partition coefficient (Wildman–Crippen LogP) is 10.6. The standard InChI is InChI=1S/C40H35ClF10N8O2S.C5H12OS.CH4O.CH2O/c1-3-22-6-7-23(24-8-9-27(41)31-33(24)58(18-38(44,45)46)55-36(31)59(62-2)37(61)56-10-4-5-11-56)32(52-22)28(14-19-12-20(42)15-21(43)13-19)53-29(60)17-57-35-30(34(54-57)40(49,50)51)25-16-26(25)39(35,47)48;1-5(2,3)7(4)6;2*1-2/h6-9,12-13,15,25-26,28H,3-5,10-11,14,16-18H2,1-2H3,(H,53,60);1-4H3;2H,1H3;1H2/t25-,26+,28?;;;/m0.../s1. The average molecular weight is 1100 g/mol. The average Bonchev–Trinajstić information content (AvgIpc) is 3.56. The monoisotopic (exact) mass is 1100 g/mol. The molecule has 8 rings (SSSR count). The van der Waals surface area contributed by atoms with Gasteiger partial charge in [0.2, 0.25) is 5.91 Å². The second-order valence-corrected chi connectivity index (χ2v) is 21.2. The lowest BCUT2D eigenvalue weighted by atomic mass is 9.93. The molecule has 73 heavy (non-hydrogen) atoms. The van der Waals surface area contributed by atoms with Crippen molar-refractivity contribution in [1.82, 2.24) is 34.8 Å². The maximum absolute atomic E-state index is 15.4. The number of aryl methyl sites for hydroxylation is 1. The zero-order valence-corrected chi connectivity index (χ0v) is 42.9. The van der Waals surface area contributed by atoms with Crippen molar-refractivity contribution in [3.63, 3.8) is 0 Å². The number of likely N-dealkylation sites (tertiary alicyclic amines) is 1. The van der Waals surface area contributed by atoms with E-state index in [2.05, 4.69) is 15.5 Å². The summed E-state index contributed by atoms with van der Waals surface area (Å²) in [5.41, 5.74) is -3.08. The van der Waals surface area contributed by atoms with Gasteiger partial charge >= 0.3 is 18.4 Å². The molecule has 0 radical (unpaired) electrons. The van der Waals surface area contributed by atoms with Gasteiger partial charge in [0.15, 0.2) is 11.5 Å². The summed E-state index contributed by atoms with van der Waals surface area (Å²) >= 11 is 7.63. The fraction of sp³-hybridized carbons (Fsp3) is 0.489. The van der Waals surface area contributed by atoms with E-state index in [-0.39, 0.29) is 61.7 Å². The molecule has 3 aliphatic rings. The number of halogens is 11. The number of anilines is 1. The first-order chi connectivity index (χ1) is 34.1. The van der Waals surface area contributed by atoms with Crippen LogP contribution in [0.4, 0.5) is 54.5 Å². The Kier molecular flexibility index (Phi) is 18.5. The van der Waals surface area contributed by atoms with Crippen molar-refractivity contribution in [2.75, 3.05) is 37.0 Å². The number of pyridine rings is 1. The predicted molar refractivity (Wildman–Crippen MR) is 258 cm³/mol. The quantitative estimate of drug-likeness (QED) is 0.0971. The van der Waals surface area contributed by atoms with E-state index in [1.165, 1.54) is 23.1 Å². The van der Waals surface area contributed by atoms with E-state index in [0.29, 0.717) is 34.2 Å². The van der Waals surface area contributed by atoms with Gasteiger partial charge in [-0.15, -0.1) is 0 Å². The molecule has 1 saturated heterocycles. The van der Waals surface area contributed by atoms with Crippen molar-refractivity contribution >= 4 is 69.8 Å². The van der Waals surface area contributed by atoms with Crippen LogP contribution in [0.5, 0.6) is 0 Å². The third-order valence-corrected chi connectivity index (χ3v) is 14.8. The zero-order valence-electron chi connectivity index (χ0n) is 40.5. The molecule has 2 N–H and O–H groups in total. The maximum atomic E-state index is 15.4. The molecule has 2 unspecified atom stereocenters. The van der Waals surface area contributed by atoms with Crippen molar-refractivity contribution < 1.29 is 67.6 Å². The molecule has 2 aromatic carbocycles. The smallest absolute Gasteiger partial charge is 0.400 e. The van der Waals surface area contributed by atoms with Crippen LogP contribution >= 0.6 is 23.5 Å². The summed E-state index contributed by atoms with van der Waals surface area (Å²) in [5, 5.41) is 17.2. The number of aromatic nitrogens is 5. The molecule has 1 saturated carbocycles. The summed E-state index contributed by atoms with van der Waals surface area (Å²) in [6.07, 6.45) is -5.62. The van der Waals surface area contributed by atoms with E-state index in [1.807, 2.05) is 27.6 Å². The molecular weight excluding hydrogens is 1050 g/mol. The highest BCUT2D eigenvalue weighted by Gasteiger charge is 2.68. The number of nitrogens with zero attached hydrogens (tertiary/aromatic N) is 7. The summed E-state index contributed by atoms with van der Waals surface area (Å²) in [7, 11) is 0.317. The topological polar surface area (TPSA) is 156 Å². The Labute approximate surface area is 425 Å². The van der Waals surface area contributed by atoms with Gasteiger partial charge < -0.3 is 20.1 Å². The number of hydrogen-bond donors (Lipinski definition) is 2. The number of nitrogens with one attached hydrogen (secondary N) is 1. The Morgan fingerprint density at radius 1 is 0.973 bits per heavy atom. The lowest BCUT2D eigenvalue weighted by molar-refractivity contribution is -0.143. The summed E-state index contributed by atoms with van der Waals surface area (Å²) in [6, 6.07) is 6.30. The van der Waals surface area contributed by atoms with Crippen LogP contribution in [0.25, 0.3) is 22.0 Å². The molecule has 4 heterocycles. The van der Waals surface area contributed by atoms with Crippen LogP contribution in [-0.4, -0.2) is 101 Å². The van der Waals surface area contributed by atoms with E-state index >= 15 is 8.78 Å². The number of carbonyl (C=O) groups is 3. The van der Waals surface area contributed by atoms with Gasteiger partial charge in [-0.2, -0.15) is 45.3 Å². The molecule has 0 spiro atoms. The first-order valence-electron chi connectivity index (χ1n) is 22.4. The molecule has 13 nitrogen and oxygen atoms in total. The molecule has 5 aromatic rings. The minimum atomic E-state index is -5.11. The first kappa shape index (κ1) is 58.6. The summed E-state index contributed by atoms with van der Waals surface area (Å²) in [6.45, 7) is 7.65. The highest BCUT2D eigenvalue weighted by atomic mass is 35.5. The second-order valence-electron chi connectivity index (χ2n) is 18.0. The number of carbonyl (C=O) groups excluding carboxylic acids is 3. The molecule has 400 valence electrons. The van der Waals surface area contributed by atoms with Gasteiger partial charge in [-0.1, -0.05) is 30.7 Å². The first-order valence-corrected chi connectivity index (χ1v) is 25.5. The van der Waals surface area contributed by atoms with E-state index in [0.717, 1.165) is 48.3 Å². The number of aliphatic hydroxyl groups is 1. The summed E-state index contributed by atoms with van der Waals surface area (Å²) < 4.78 is 158. The van der Waals surface area contributed by atoms with Crippen molar-refractivity contribution in [1.29, 1.82) is 0 Å². The van der Waals surface area contributed by atoms with Crippen molar-refractivity contribution in [3.8, 4) is 11.1 Å². The Morgan fingerprint density at radius 3 is 2.10 bits per heavy atom. The van der Waals surface area contributed by atoms with Gasteiger partial charge in [0.1, 0.15) is 37.2 Å². The molecular formula is C47H53ClF10N8O5S2. The van der Waals surface area contributed by atoms with Gasteiger partial charge in [0.25, 0.3) is 5.92 Å². The molecule has 1 aliphatic heterocycles. The molecule has 4 atom stereocenters. The second kappa shape index (κ2) is 23.1. The molecule has 2 aliphatic carbocycles. The van der Waals surface area contributed by atoms with Crippen LogP contribution in [0.15, 0.2) is 42.5 Å². The van der Waals surface area contributed by atoms with Gasteiger partial charge in [0.05, 0.1) is 27.7 Å². The SMILES string of the molecule is C=O.CCc1ccc(-c2ccc(Cl)c3c(N(SC)C(=O)N4CCCC4)nn(CC(F)(F)F)c23)c(C(Cc2cc(F)cc(F)c2)NC(=O)Cn2nc(C(F)(F)F)c3c2C(F)(F)[C@@H]2C[C@H]32)n1.CO.CS(=O)C(C)(C)C. The highest BCUT2D eigenvalue weighted by molar-refractivity contribution is 8.00.